The van der Waals surface area contributed by atoms with Crippen LogP contribution < -0.4 is 4.74 Å². The van der Waals surface area contributed by atoms with E-state index in [0.717, 1.165) is 51.7 Å². The minimum atomic E-state index is -0.322. The molecule has 3 atom stereocenters. The van der Waals surface area contributed by atoms with Crippen LogP contribution in [0.2, 0.25) is 0 Å². The van der Waals surface area contributed by atoms with Crippen molar-refractivity contribution in [3.05, 3.63) is 66.0 Å². The van der Waals surface area contributed by atoms with Crippen LogP contribution in [-0.4, -0.2) is 67.2 Å². The lowest BCUT2D eigenvalue weighted by atomic mass is 9.76. The third kappa shape index (κ3) is 5.92. The lowest BCUT2D eigenvalue weighted by Gasteiger charge is -2.48. The lowest BCUT2D eigenvalue weighted by molar-refractivity contribution is -0.139. The highest BCUT2D eigenvalue weighted by molar-refractivity contribution is 5.78. The van der Waals surface area contributed by atoms with Crippen LogP contribution >= 0.6 is 0 Å². The van der Waals surface area contributed by atoms with E-state index in [2.05, 4.69) is 36.2 Å². The summed E-state index contributed by atoms with van der Waals surface area (Å²) in [6.45, 7) is 1.71. The number of likely N-dealkylation sites (N-methyl/N-ethyl adjacent to an activating group) is 2. The van der Waals surface area contributed by atoms with Gasteiger partial charge in [-0.05, 0) is 75.4 Å². The largest absolute Gasteiger partial charge is 0.484 e. The Labute approximate surface area is 196 Å². The van der Waals surface area contributed by atoms with Crippen molar-refractivity contribution in [3.8, 4) is 5.75 Å². The first-order valence-corrected chi connectivity index (χ1v) is 12.0. The van der Waals surface area contributed by atoms with Crippen LogP contribution in [0.3, 0.4) is 0 Å². The highest BCUT2D eigenvalue weighted by Crippen LogP contribution is 2.42. The zero-order chi connectivity index (χ0) is 23.3. The molecule has 2 aromatic carbocycles. The van der Waals surface area contributed by atoms with E-state index in [0.29, 0.717) is 5.75 Å². The summed E-state index contributed by atoms with van der Waals surface area (Å²) in [5.41, 5.74) is 1.28. The van der Waals surface area contributed by atoms with Gasteiger partial charge in [-0.3, -0.25) is 4.79 Å². The summed E-state index contributed by atoms with van der Waals surface area (Å²) in [4.78, 5) is 17.3. The van der Waals surface area contributed by atoms with Crippen molar-refractivity contribution in [1.82, 2.24) is 9.80 Å². The van der Waals surface area contributed by atoms with E-state index in [1.165, 1.54) is 17.7 Å². The van der Waals surface area contributed by atoms with E-state index in [-0.39, 0.29) is 36.0 Å². The van der Waals surface area contributed by atoms with E-state index < -0.39 is 0 Å². The highest BCUT2D eigenvalue weighted by atomic mass is 19.1. The quantitative estimate of drug-likeness (QED) is 0.596. The molecule has 0 aromatic heterocycles. The standard InChI is InChI=1S/C27H35FN2O3/c1-29(17-14-21-7-4-3-5-8-21)25-19-27(15-6-18-33-27)16-13-24(25)30(2)26(31)20-32-23-11-9-22(28)10-12-23/h3-5,7-12,24-25H,6,13-20H2,1-2H3/t24-,25-,27-/m0/s1. The Morgan fingerprint density at radius 3 is 2.55 bits per heavy atom. The summed E-state index contributed by atoms with van der Waals surface area (Å²) in [7, 11) is 4.05. The van der Waals surface area contributed by atoms with Gasteiger partial charge in [0.25, 0.3) is 5.91 Å². The number of rotatable bonds is 8. The Morgan fingerprint density at radius 2 is 1.85 bits per heavy atom. The van der Waals surface area contributed by atoms with Gasteiger partial charge >= 0.3 is 0 Å². The first kappa shape index (κ1) is 23.7. The molecule has 2 aliphatic rings. The molecule has 1 heterocycles. The predicted molar refractivity (Wildman–Crippen MR) is 127 cm³/mol. The zero-order valence-electron chi connectivity index (χ0n) is 19.7. The third-order valence-electron chi connectivity index (χ3n) is 7.33. The minimum absolute atomic E-state index is 0.0450. The normalized spacial score (nSPS) is 24.8. The third-order valence-corrected chi connectivity index (χ3v) is 7.33. The van der Waals surface area contributed by atoms with Crippen molar-refractivity contribution < 1.29 is 18.7 Å². The second-order valence-electron chi connectivity index (χ2n) is 9.48. The van der Waals surface area contributed by atoms with E-state index in [4.69, 9.17) is 9.47 Å². The van der Waals surface area contributed by atoms with Crippen LogP contribution in [0, 0.1) is 5.82 Å². The molecule has 6 heteroatoms. The topological polar surface area (TPSA) is 42.0 Å². The second kappa shape index (κ2) is 10.7. The summed E-state index contributed by atoms with van der Waals surface area (Å²) in [6.07, 6.45) is 6.04. The van der Waals surface area contributed by atoms with Crippen molar-refractivity contribution in [2.45, 2.75) is 56.2 Å². The van der Waals surface area contributed by atoms with Crippen molar-refractivity contribution in [3.63, 3.8) is 0 Å². The molecule has 1 spiro atoms. The molecule has 0 radical (unpaired) electrons. The average Bonchev–Trinajstić information content (AvgIpc) is 3.29. The maximum Gasteiger partial charge on any atom is 0.260 e. The summed E-state index contributed by atoms with van der Waals surface area (Å²) >= 11 is 0. The smallest absolute Gasteiger partial charge is 0.260 e. The number of amides is 1. The van der Waals surface area contributed by atoms with Gasteiger partial charge in [0.05, 0.1) is 5.60 Å². The zero-order valence-corrected chi connectivity index (χ0v) is 19.7. The fourth-order valence-corrected chi connectivity index (χ4v) is 5.32. The number of hydrogen-bond acceptors (Lipinski definition) is 4. The molecular formula is C27H35FN2O3. The van der Waals surface area contributed by atoms with Gasteiger partial charge in [0, 0.05) is 32.3 Å². The monoisotopic (exact) mass is 454 g/mol. The van der Waals surface area contributed by atoms with Gasteiger partial charge in [0.1, 0.15) is 11.6 Å². The Morgan fingerprint density at radius 1 is 1.09 bits per heavy atom. The Bertz CT molecular complexity index is 899. The molecule has 1 saturated carbocycles. The molecule has 4 rings (SSSR count). The predicted octanol–water partition coefficient (Wildman–Crippen LogP) is 4.31. The molecule has 5 nitrogen and oxygen atoms in total. The van der Waals surface area contributed by atoms with Crippen LogP contribution in [0.5, 0.6) is 5.75 Å². The second-order valence-corrected chi connectivity index (χ2v) is 9.48. The number of nitrogens with zero attached hydrogens (tertiary/aromatic N) is 2. The number of hydrogen-bond donors (Lipinski definition) is 0. The van der Waals surface area contributed by atoms with Crippen molar-refractivity contribution in [1.29, 1.82) is 0 Å². The molecule has 1 saturated heterocycles. The molecule has 1 aliphatic heterocycles. The Balaban J connectivity index is 1.41. The molecule has 0 bridgehead atoms. The molecule has 2 aromatic rings. The Hall–Kier alpha value is -2.44. The van der Waals surface area contributed by atoms with Gasteiger partial charge in [0.15, 0.2) is 6.61 Å². The maximum atomic E-state index is 13.1. The molecule has 0 unspecified atom stereocenters. The first-order chi connectivity index (χ1) is 16.0. The molecule has 178 valence electrons. The van der Waals surface area contributed by atoms with Gasteiger partial charge < -0.3 is 19.3 Å². The SMILES string of the molecule is CN(CCc1ccccc1)[C@H]1C[C@]2(CCCO2)CC[C@@H]1N(C)C(=O)COc1ccc(F)cc1. The van der Waals surface area contributed by atoms with Gasteiger partial charge in [-0.1, -0.05) is 30.3 Å². The molecule has 0 N–H and O–H groups in total. The average molecular weight is 455 g/mol. The summed E-state index contributed by atoms with van der Waals surface area (Å²) in [5.74, 6) is 0.114. The van der Waals surface area contributed by atoms with E-state index >= 15 is 0 Å². The molecule has 33 heavy (non-hydrogen) atoms. The number of carbonyl (C=O) groups is 1. The molecular weight excluding hydrogens is 419 g/mol. The lowest BCUT2D eigenvalue weighted by Crippen LogP contribution is -2.58. The number of carbonyl (C=O) groups excluding carboxylic acids is 1. The molecule has 1 aliphatic carbocycles. The molecule has 2 fully saturated rings. The maximum absolute atomic E-state index is 13.1. The van der Waals surface area contributed by atoms with Crippen molar-refractivity contribution in [2.24, 2.45) is 0 Å². The summed E-state index contributed by atoms with van der Waals surface area (Å²) in [6, 6.07) is 16.6. The summed E-state index contributed by atoms with van der Waals surface area (Å²) in [5, 5.41) is 0. The fourth-order valence-electron chi connectivity index (χ4n) is 5.32. The van der Waals surface area contributed by atoms with E-state index in [1.807, 2.05) is 18.0 Å². The van der Waals surface area contributed by atoms with Crippen LogP contribution in [-0.2, 0) is 16.0 Å². The number of ether oxygens (including phenoxy) is 2. The van der Waals surface area contributed by atoms with Gasteiger partial charge in [-0.2, -0.15) is 0 Å². The van der Waals surface area contributed by atoms with E-state index in [1.54, 1.807) is 12.1 Å². The fraction of sp³-hybridized carbons (Fsp3) is 0.519. The van der Waals surface area contributed by atoms with Crippen LogP contribution in [0.15, 0.2) is 54.6 Å². The summed E-state index contributed by atoms with van der Waals surface area (Å²) < 4.78 is 25.0. The first-order valence-electron chi connectivity index (χ1n) is 12.0. The number of halogens is 1. The van der Waals surface area contributed by atoms with Crippen LogP contribution in [0.1, 0.15) is 37.7 Å². The van der Waals surface area contributed by atoms with Gasteiger partial charge in [-0.25, -0.2) is 4.39 Å². The van der Waals surface area contributed by atoms with Crippen molar-refractivity contribution >= 4 is 5.91 Å². The highest BCUT2D eigenvalue weighted by Gasteiger charge is 2.46. The van der Waals surface area contributed by atoms with Crippen LogP contribution in [0.4, 0.5) is 4.39 Å². The van der Waals surface area contributed by atoms with E-state index in [9.17, 15) is 9.18 Å². The molecule has 1 amide bonds. The van der Waals surface area contributed by atoms with Crippen LogP contribution in [0.25, 0.3) is 0 Å². The minimum Gasteiger partial charge on any atom is -0.484 e. The van der Waals surface area contributed by atoms with Crippen molar-refractivity contribution in [2.75, 3.05) is 33.9 Å². The number of benzene rings is 2. The van der Waals surface area contributed by atoms with Gasteiger partial charge in [-0.15, -0.1) is 0 Å². The Kier molecular flexibility index (Phi) is 7.66. The van der Waals surface area contributed by atoms with Gasteiger partial charge in [0.2, 0.25) is 0 Å².